The zero-order valence-electron chi connectivity index (χ0n) is 13.5. The van der Waals surface area contributed by atoms with Crippen LogP contribution in [-0.2, 0) is 4.79 Å². The highest BCUT2D eigenvalue weighted by molar-refractivity contribution is 7.99. The Morgan fingerprint density at radius 2 is 1.81 bits per heavy atom. The van der Waals surface area contributed by atoms with E-state index in [2.05, 4.69) is 10.4 Å². The van der Waals surface area contributed by atoms with Crippen LogP contribution in [0.4, 0.5) is 14.6 Å². The maximum atomic E-state index is 12.3. The Bertz CT molecular complexity index is 893. The number of carbonyl (C=O) groups excluding carboxylic acids is 1. The Morgan fingerprint density at radius 1 is 1.08 bits per heavy atom. The molecule has 1 N–H and O–H groups in total. The molecule has 0 atom stereocenters. The number of aromatic nitrogens is 2. The molecule has 0 bridgehead atoms. The van der Waals surface area contributed by atoms with Gasteiger partial charge >= 0.3 is 0 Å². The summed E-state index contributed by atoms with van der Waals surface area (Å²) in [7, 11) is 0. The molecular formula is C19H15F2N3OS. The van der Waals surface area contributed by atoms with Crippen LogP contribution >= 0.6 is 11.8 Å². The maximum Gasteiger partial charge on any atom is 0.288 e. The van der Waals surface area contributed by atoms with Gasteiger partial charge in [0.15, 0.2) is 5.82 Å². The quantitative estimate of drug-likeness (QED) is 0.498. The summed E-state index contributed by atoms with van der Waals surface area (Å²) in [6, 6.07) is 17.8. The molecule has 132 valence electrons. The summed E-state index contributed by atoms with van der Waals surface area (Å²) in [5.74, 6) is -2.33. The number of benzene rings is 2. The summed E-state index contributed by atoms with van der Waals surface area (Å²) in [5, 5.41) is 6.97. The molecule has 4 nitrogen and oxygen atoms in total. The van der Waals surface area contributed by atoms with E-state index in [4.69, 9.17) is 0 Å². The fourth-order valence-electron chi connectivity index (χ4n) is 2.22. The molecule has 1 amide bonds. The van der Waals surface area contributed by atoms with Crippen molar-refractivity contribution in [3.63, 3.8) is 0 Å². The minimum atomic E-state index is -2.45. The van der Waals surface area contributed by atoms with Crippen LogP contribution in [-0.4, -0.2) is 21.4 Å². The van der Waals surface area contributed by atoms with Crippen molar-refractivity contribution in [2.24, 2.45) is 0 Å². The van der Waals surface area contributed by atoms with E-state index < -0.39 is 5.76 Å². The number of para-hydroxylation sites is 1. The molecule has 0 saturated heterocycles. The average molecular weight is 371 g/mol. The van der Waals surface area contributed by atoms with Crippen LogP contribution in [0.1, 0.15) is 5.56 Å². The molecule has 0 saturated carbocycles. The van der Waals surface area contributed by atoms with E-state index in [0.717, 1.165) is 11.3 Å². The van der Waals surface area contributed by atoms with E-state index in [-0.39, 0.29) is 5.91 Å². The van der Waals surface area contributed by atoms with E-state index in [0.29, 0.717) is 22.5 Å². The number of alkyl halides is 2. The van der Waals surface area contributed by atoms with Crippen molar-refractivity contribution >= 4 is 29.6 Å². The van der Waals surface area contributed by atoms with Crippen LogP contribution in [0.25, 0.3) is 11.8 Å². The van der Waals surface area contributed by atoms with Gasteiger partial charge in [-0.2, -0.15) is 13.9 Å². The second kappa shape index (κ2) is 8.44. The van der Waals surface area contributed by atoms with Gasteiger partial charge in [0.25, 0.3) is 5.76 Å². The Kier molecular flexibility index (Phi) is 5.80. The second-order valence-corrected chi connectivity index (χ2v) is 6.31. The van der Waals surface area contributed by atoms with E-state index in [9.17, 15) is 13.6 Å². The smallest absolute Gasteiger partial charge is 0.288 e. The molecule has 3 aromatic rings. The van der Waals surface area contributed by atoms with Crippen LogP contribution in [0.2, 0.25) is 0 Å². The molecule has 26 heavy (non-hydrogen) atoms. The van der Waals surface area contributed by atoms with Crippen molar-refractivity contribution in [3.05, 3.63) is 78.5 Å². The number of carbonyl (C=O) groups is 1. The summed E-state index contributed by atoms with van der Waals surface area (Å²) < 4.78 is 26.2. The fourth-order valence-corrected chi connectivity index (χ4v) is 2.71. The van der Waals surface area contributed by atoms with Gasteiger partial charge in [-0.15, -0.1) is 0 Å². The van der Waals surface area contributed by atoms with E-state index in [1.807, 2.05) is 30.3 Å². The lowest BCUT2D eigenvalue weighted by Gasteiger charge is -2.01. The van der Waals surface area contributed by atoms with Crippen molar-refractivity contribution in [2.45, 2.75) is 10.7 Å². The predicted molar refractivity (Wildman–Crippen MR) is 99.5 cm³/mol. The summed E-state index contributed by atoms with van der Waals surface area (Å²) in [4.78, 5) is 12.5. The highest BCUT2D eigenvalue weighted by atomic mass is 32.2. The number of halogens is 2. The number of thioether (sulfide) groups is 1. The lowest BCUT2D eigenvalue weighted by Crippen LogP contribution is -2.08. The SMILES string of the molecule is O=C(C=Cc1ccc(SC(F)F)cc1)Nc1ccn(-c2ccccc2)n1. The van der Waals surface area contributed by atoms with Crippen molar-refractivity contribution < 1.29 is 13.6 Å². The highest BCUT2D eigenvalue weighted by Gasteiger charge is 2.05. The third-order valence-corrected chi connectivity index (χ3v) is 4.12. The predicted octanol–water partition coefficient (Wildman–Crippen LogP) is 4.84. The number of hydrogen-bond donors (Lipinski definition) is 1. The first kappa shape index (κ1) is 17.9. The molecule has 0 radical (unpaired) electrons. The number of nitrogens with one attached hydrogen (secondary N) is 1. The van der Waals surface area contributed by atoms with Crippen molar-refractivity contribution in [2.75, 3.05) is 5.32 Å². The Hall–Kier alpha value is -2.93. The van der Waals surface area contributed by atoms with Crippen molar-refractivity contribution in [3.8, 4) is 5.69 Å². The fraction of sp³-hybridized carbons (Fsp3) is 0.0526. The lowest BCUT2D eigenvalue weighted by atomic mass is 10.2. The Labute approximate surface area is 153 Å². The van der Waals surface area contributed by atoms with E-state index in [1.165, 1.54) is 6.08 Å². The molecule has 0 aliphatic carbocycles. The van der Waals surface area contributed by atoms with Gasteiger partial charge in [-0.25, -0.2) is 4.68 Å². The highest BCUT2D eigenvalue weighted by Crippen LogP contribution is 2.25. The summed E-state index contributed by atoms with van der Waals surface area (Å²) >= 11 is 0.486. The van der Waals surface area contributed by atoms with Crippen LogP contribution in [0.3, 0.4) is 0 Å². The van der Waals surface area contributed by atoms with Crippen LogP contribution in [0.5, 0.6) is 0 Å². The normalized spacial score (nSPS) is 11.2. The van der Waals surface area contributed by atoms with Gasteiger partial charge in [0.05, 0.1) is 5.69 Å². The van der Waals surface area contributed by atoms with Crippen LogP contribution < -0.4 is 5.32 Å². The van der Waals surface area contributed by atoms with Gasteiger partial charge < -0.3 is 5.32 Å². The molecule has 3 rings (SSSR count). The van der Waals surface area contributed by atoms with Gasteiger partial charge in [0, 0.05) is 23.2 Å². The molecule has 7 heteroatoms. The summed E-state index contributed by atoms with van der Waals surface area (Å²) in [5.41, 5.74) is 1.64. The standard InChI is InChI=1S/C19H15F2N3OS/c20-19(21)26-16-9-6-14(7-10-16)8-11-18(25)22-17-12-13-24(23-17)15-4-2-1-3-5-15/h1-13,19H,(H,22,23,25). The molecular weight excluding hydrogens is 356 g/mol. The first-order valence-electron chi connectivity index (χ1n) is 7.75. The topological polar surface area (TPSA) is 46.9 Å². The minimum absolute atomic E-state index is 0.325. The average Bonchev–Trinajstić information content (AvgIpc) is 3.10. The number of rotatable bonds is 6. The van der Waals surface area contributed by atoms with E-state index >= 15 is 0 Å². The first-order chi connectivity index (χ1) is 12.6. The minimum Gasteiger partial charge on any atom is -0.306 e. The third-order valence-electron chi connectivity index (χ3n) is 3.39. The van der Waals surface area contributed by atoms with Gasteiger partial charge in [0.1, 0.15) is 0 Å². The van der Waals surface area contributed by atoms with Gasteiger partial charge in [-0.3, -0.25) is 4.79 Å². The zero-order chi connectivity index (χ0) is 18.4. The number of hydrogen-bond acceptors (Lipinski definition) is 3. The zero-order valence-corrected chi connectivity index (χ0v) is 14.4. The molecule has 0 aliphatic rings. The maximum absolute atomic E-state index is 12.3. The molecule has 1 aromatic heterocycles. The number of anilines is 1. The van der Waals surface area contributed by atoms with Crippen molar-refractivity contribution in [1.82, 2.24) is 9.78 Å². The van der Waals surface area contributed by atoms with Crippen LogP contribution in [0, 0.1) is 0 Å². The number of nitrogens with zero attached hydrogens (tertiary/aromatic N) is 2. The lowest BCUT2D eigenvalue weighted by molar-refractivity contribution is -0.111. The third kappa shape index (κ3) is 5.03. The van der Waals surface area contributed by atoms with E-state index in [1.54, 1.807) is 47.3 Å². The monoisotopic (exact) mass is 371 g/mol. The molecule has 0 fully saturated rings. The Morgan fingerprint density at radius 3 is 2.50 bits per heavy atom. The van der Waals surface area contributed by atoms with Gasteiger partial charge in [-0.05, 0) is 35.9 Å². The van der Waals surface area contributed by atoms with Crippen molar-refractivity contribution in [1.29, 1.82) is 0 Å². The summed E-state index contributed by atoms with van der Waals surface area (Å²) in [6.45, 7) is 0. The summed E-state index contributed by atoms with van der Waals surface area (Å²) in [6.07, 6.45) is 4.74. The molecule has 0 unspecified atom stereocenters. The van der Waals surface area contributed by atoms with Gasteiger partial charge in [0.2, 0.25) is 5.91 Å². The van der Waals surface area contributed by atoms with Gasteiger partial charge in [-0.1, -0.05) is 42.1 Å². The molecule has 2 aromatic carbocycles. The molecule has 1 heterocycles. The second-order valence-electron chi connectivity index (χ2n) is 5.25. The molecule has 0 spiro atoms. The Balaban J connectivity index is 1.59. The number of amides is 1. The molecule has 0 aliphatic heterocycles. The van der Waals surface area contributed by atoms with Crippen LogP contribution in [0.15, 0.2) is 77.8 Å². The first-order valence-corrected chi connectivity index (χ1v) is 8.63. The largest absolute Gasteiger partial charge is 0.306 e.